The highest BCUT2D eigenvalue weighted by Gasteiger charge is 2.31. The van der Waals surface area contributed by atoms with Crippen LogP contribution in [0.2, 0.25) is 0 Å². The van der Waals surface area contributed by atoms with Crippen LogP contribution < -0.4 is 20.8 Å². The molecule has 41 heavy (non-hydrogen) atoms. The number of aromatic nitrogens is 2. The number of nitrogens with two attached hydrogens (primary N) is 1. The van der Waals surface area contributed by atoms with E-state index >= 15 is 0 Å². The molecular weight excluding hydrogens is 537 g/mol. The average molecular weight is 565 g/mol. The third kappa shape index (κ3) is 7.29. The number of hydrogen-bond donors (Lipinski definition) is 2. The minimum absolute atomic E-state index is 0.158. The number of carbonyl (C=O) groups excluding carboxylic acids is 2. The predicted octanol–water partition coefficient (Wildman–Crippen LogP) is 6.37. The van der Waals surface area contributed by atoms with Crippen LogP contribution >= 0.6 is 0 Å². The first-order valence-corrected chi connectivity index (χ1v) is 12.5. The van der Waals surface area contributed by atoms with Crippen molar-refractivity contribution in [3.05, 3.63) is 101 Å². The average Bonchev–Trinajstić information content (AvgIpc) is 3.31. The summed E-state index contributed by atoms with van der Waals surface area (Å²) in [5.41, 5.74) is 9.52. The maximum Gasteiger partial charge on any atom is 0.573 e. The number of amides is 3. The van der Waals surface area contributed by atoms with Crippen LogP contribution in [-0.4, -0.2) is 34.3 Å². The van der Waals surface area contributed by atoms with Crippen molar-refractivity contribution in [2.45, 2.75) is 33.1 Å². The van der Waals surface area contributed by atoms with Crippen molar-refractivity contribution >= 4 is 29.5 Å². The minimum atomic E-state index is -4.80. The SMILES string of the molecule is Cc1nn(-c2ccc(/C=N/N(C(N)=O)c3ccccc3C(C)C)cc2)cc1C(=O)Nc1ccc(OC(F)(F)F)cc1. The molecule has 0 aliphatic carbocycles. The van der Waals surface area contributed by atoms with Crippen molar-refractivity contribution in [1.29, 1.82) is 0 Å². The Balaban J connectivity index is 1.46. The van der Waals surface area contributed by atoms with Gasteiger partial charge in [-0.15, -0.1) is 13.2 Å². The molecule has 0 unspecified atom stereocenters. The first kappa shape index (κ1) is 28.9. The van der Waals surface area contributed by atoms with Gasteiger partial charge in [0.25, 0.3) is 5.91 Å². The van der Waals surface area contributed by atoms with Crippen molar-refractivity contribution in [2.75, 3.05) is 10.3 Å². The van der Waals surface area contributed by atoms with E-state index in [0.29, 0.717) is 28.3 Å². The summed E-state index contributed by atoms with van der Waals surface area (Å²) in [6.07, 6.45) is -1.73. The Labute approximate surface area is 234 Å². The first-order valence-electron chi connectivity index (χ1n) is 12.5. The zero-order valence-corrected chi connectivity index (χ0v) is 22.4. The number of hydrazone groups is 1. The molecule has 0 aliphatic heterocycles. The number of anilines is 2. The van der Waals surface area contributed by atoms with Gasteiger partial charge in [-0.25, -0.2) is 9.48 Å². The van der Waals surface area contributed by atoms with E-state index in [0.717, 1.165) is 22.7 Å². The summed E-state index contributed by atoms with van der Waals surface area (Å²) in [5.74, 6) is -0.712. The van der Waals surface area contributed by atoms with E-state index in [-0.39, 0.29) is 11.5 Å². The van der Waals surface area contributed by atoms with Gasteiger partial charge in [-0.2, -0.15) is 15.2 Å². The number of benzene rings is 3. The van der Waals surface area contributed by atoms with Crippen molar-refractivity contribution in [3.63, 3.8) is 0 Å². The number of halogens is 3. The standard InChI is InChI=1S/C29H27F3N6O3/c1-18(2)24-6-4-5-7-26(24)38(28(33)40)34-16-20-8-12-22(13-9-20)37-17-25(19(3)36-37)27(39)35-21-10-14-23(15-11-21)41-29(30,31)32/h4-18H,1-3H3,(H2,33,40)(H,35,39)/b34-16+. The monoisotopic (exact) mass is 564 g/mol. The van der Waals surface area contributed by atoms with Gasteiger partial charge in [0, 0.05) is 11.9 Å². The lowest BCUT2D eigenvalue weighted by molar-refractivity contribution is -0.274. The number of carbonyl (C=O) groups is 2. The van der Waals surface area contributed by atoms with E-state index < -0.39 is 24.1 Å². The maximum atomic E-state index is 12.8. The predicted molar refractivity (Wildman–Crippen MR) is 150 cm³/mol. The number of urea groups is 1. The Hall–Kier alpha value is -5.13. The molecule has 0 spiro atoms. The molecule has 12 heteroatoms. The number of aryl methyl sites for hydroxylation is 1. The van der Waals surface area contributed by atoms with Crippen LogP contribution in [0, 0.1) is 6.92 Å². The van der Waals surface area contributed by atoms with Gasteiger partial charge in [-0.3, -0.25) is 4.79 Å². The Kier molecular flexibility index (Phi) is 8.41. The third-order valence-electron chi connectivity index (χ3n) is 5.96. The number of primary amides is 1. The molecule has 3 aromatic carbocycles. The number of rotatable bonds is 8. The minimum Gasteiger partial charge on any atom is -0.406 e. The van der Waals surface area contributed by atoms with Gasteiger partial charge < -0.3 is 15.8 Å². The lowest BCUT2D eigenvalue weighted by Gasteiger charge is -2.20. The maximum absolute atomic E-state index is 12.8. The fourth-order valence-corrected chi connectivity index (χ4v) is 4.00. The van der Waals surface area contributed by atoms with Crippen LogP contribution in [0.5, 0.6) is 5.75 Å². The van der Waals surface area contributed by atoms with Gasteiger partial charge in [0.2, 0.25) is 0 Å². The second-order valence-electron chi connectivity index (χ2n) is 9.30. The van der Waals surface area contributed by atoms with Crippen LogP contribution in [-0.2, 0) is 0 Å². The Morgan fingerprint density at radius 1 is 1.05 bits per heavy atom. The van der Waals surface area contributed by atoms with E-state index in [1.807, 2.05) is 32.0 Å². The third-order valence-corrected chi connectivity index (χ3v) is 5.96. The molecule has 1 heterocycles. The van der Waals surface area contributed by atoms with Crippen LogP contribution in [0.4, 0.5) is 29.3 Å². The molecule has 0 fully saturated rings. The molecule has 4 rings (SSSR count). The van der Waals surface area contributed by atoms with Gasteiger partial charge in [-0.05, 0) is 66.4 Å². The van der Waals surface area contributed by atoms with Gasteiger partial charge in [0.05, 0.1) is 28.8 Å². The second-order valence-corrected chi connectivity index (χ2v) is 9.30. The van der Waals surface area contributed by atoms with Crippen LogP contribution in [0.3, 0.4) is 0 Å². The normalized spacial score (nSPS) is 11.6. The lowest BCUT2D eigenvalue weighted by Crippen LogP contribution is -2.32. The summed E-state index contributed by atoms with van der Waals surface area (Å²) < 4.78 is 42.4. The molecule has 0 saturated heterocycles. The summed E-state index contributed by atoms with van der Waals surface area (Å²) in [7, 11) is 0. The molecule has 0 bridgehead atoms. The fraction of sp³-hybridized carbons (Fsp3) is 0.172. The molecule has 3 N–H and O–H groups in total. The molecule has 4 aromatic rings. The Morgan fingerprint density at radius 2 is 1.71 bits per heavy atom. The fourth-order valence-electron chi connectivity index (χ4n) is 4.00. The number of hydrogen-bond acceptors (Lipinski definition) is 5. The summed E-state index contributed by atoms with van der Waals surface area (Å²) in [4.78, 5) is 24.9. The first-order chi connectivity index (χ1) is 19.4. The van der Waals surface area contributed by atoms with Crippen LogP contribution in [0.15, 0.2) is 84.1 Å². The number of para-hydroxylation sites is 1. The molecule has 212 valence electrons. The second kappa shape index (κ2) is 11.9. The Morgan fingerprint density at radius 3 is 2.32 bits per heavy atom. The number of nitrogens with zero attached hydrogens (tertiary/aromatic N) is 4. The summed E-state index contributed by atoms with van der Waals surface area (Å²) in [6, 6.07) is 18.6. The number of ether oxygens (including phenoxy) is 1. The van der Waals surface area contributed by atoms with E-state index in [2.05, 4.69) is 20.3 Å². The summed E-state index contributed by atoms with van der Waals surface area (Å²) >= 11 is 0. The molecule has 0 atom stereocenters. The van der Waals surface area contributed by atoms with E-state index in [4.69, 9.17) is 5.73 Å². The topological polar surface area (TPSA) is 115 Å². The largest absolute Gasteiger partial charge is 0.573 e. The van der Waals surface area contributed by atoms with Gasteiger partial charge in [-0.1, -0.05) is 44.2 Å². The van der Waals surface area contributed by atoms with Gasteiger partial charge >= 0.3 is 12.4 Å². The highest BCUT2D eigenvalue weighted by Crippen LogP contribution is 2.28. The molecule has 0 saturated carbocycles. The molecule has 9 nitrogen and oxygen atoms in total. The van der Waals surface area contributed by atoms with Crippen molar-refractivity contribution in [1.82, 2.24) is 9.78 Å². The van der Waals surface area contributed by atoms with E-state index in [1.165, 1.54) is 23.0 Å². The zero-order chi connectivity index (χ0) is 29.7. The quantitative estimate of drug-likeness (QED) is 0.191. The number of nitrogens with one attached hydrogen (secondary N) is 1. The van der Waals surface area contributed by atoms with Crippen molar-refractivity contribution in [2.24, 2.45) is 10.8 Å². The van der Waals surface area contributed by atoms with E-state index in [9.17, 15) is 22.8 Å². The highest BCUT2D eigenvalue weighted by molar-refractivity contribution is 6.05. The molecular formula is C29H27F3N6O3. The van der Waals surface area contributed by atoms with Crippen molar-refractivity contribution < 1.29 is 27.5 Å². The van der Waals surface area contributed by atoms with Gasteiger partial charge in [0.15, 0.2) is 0 Å². The zero-order valence-electron chi connectivity index (χ0n) is 22.4. The smallest absolute Gasteiger partial charge is 0.406 e. The lowest BCUT2D eigenvalue weighted by atomic mass is 10.0. The summed E-state index contributed by atoms with van der Waals surface area (Å²) in [6.45, 7) is 5.70. The van der Waals surface area contributed by atoms with E-state index in [1.54, 1.807) is 43.5 Å². The van der Waals surface area contributed by atoms with Gasteiger partial charge in [0.1, 0.15) is 5.75 Å². The van der Waals surface area contributed by atoms with Crippen molar-refractivity contribution in [3.8, 4) is 11.4 Å². The summed E-state index contributed by atoms with van der Waals surface area (Å²) in [5, 5.41) is 12.5. The molecule has 3 amide bonds. The molecule has 0 radical (unpaired) electrons. The Bertz CT molecular complexity index is 1560. The highest BCUT2D eigenvalue weighted by atomic mass is 19.4. The van der Waals surface area contributed by atoms with Crippen LogP contribution in [0.1, 0.15) is 46.9 Å². The molecule has 1 aromatic heterocycles. The van der Waals surface area contributed by atoms with Crippen LogP contribution in [0.25, 0.3) is 5.69 Å². The number of alkyl halides is 3. The molecule has 0 aliphatic rings.